The Hall–Kier alpha value is -6.69. The molecule has 4 nitrogen and oxygen atoms in total. The molecule has 0 fully saturated rings. The minimum Gasteiger partial charge on any atom is -0.435 e. The molecular formula is C47H29N3OS. The number of anilines is 3. The molecule has 0 atom stereocenters. The Bertz CT molecular complexity index is 3140. The van der Waals surface area contributed by atoms with Crippen LogP contribution in [0.4, 0.5) is 17.1 Å². The zero-order chi connectivity index (χ0) is 34.2. The molecule has 0 aliphatic rings. The van der Waals surface area contributed by atoms with Crippen LogP contribution < -0.4 is 4.90 Å². The molecule has 11 rings (SSSR count). The molecule has 244 valence electrons. The predicted molar refractivity (Wildman–Crippen MR) is 219 cm³/mol. The van der Waals surface area contributed by atoms with Crippen molar-refractivity contribution in [1.29, 1.82) is 0 Å². The number of thiophene rings is 1. The van der Waals surface area contributed by atoms with E-state index in [1.165, 1.54) is 42.0 Å². The quantitative estimate of drug-likeness (QED) is 0.181. The average Bonchev–Trinajstić information content (AvgIpc) is 3.91. The lowest BCUT2D eigenvalue weighted by atomic mass is 10.1. The van der Waals surface area contributed by atoms with Gasteiger partial charge in [-0.2, -0.15) is 0 Å². The molecule has 0 amide bonds. The van der Waals surface area contributed by atoms with Gasteiger partial charge < -0.3 is 13.9 Å². The zero-order valence-corrected chi connectivity index (χ0v) is 28.7. The van der Waals surface area contributed by atoms with Crippen LogP contribution in [0, 0.1) is 0 Å². The summed E-state index contributed by atoms with van der Waals surface area (Å²) in [5.41, 5.74) is 9.40. The molecule has 0 saturated heterocycles. The monoisotopic (exact) mass is 683 g/mol. The molecule has 52 heavy (non-hydrogen) atoms. The normalized spacial score (nSPS) is 11.8. The number of oxazole rings is 1. The van der Waals surface area contributed by atoms with Gasteiger partial charge >= 0.3 is 0 Å². The van der Waals surface area contributed by atoms with E-state index in [4.69, 9.17) is 9.40 Å². The highest BCUT2D eigenvalue weighted by molar-refractivity contribution is 7.25. The van der Waals surface area contributed by atoms with E-state index in [0.29, 0.717) is 5.89 Å². The first-order valence-corrected chi connectivity index (χ1v) is 18.3. The Labute approximate surface area is 303 Å². The maximum atomic E-state index is 6.42. The van der Waals surface area contributed by atoms with E-state index in [9.17, 15) is 0 Å². The number of para-hydroxylation sites is 2. The lowest BCUT2D eigenvalue weighted by Crippen LogP contribution is -2.10. The number of rotatable bonds is 5. The molecule has 3 aromatic heterocycles. The minimum absolute atomic E-state index is 0.632. The van der Waals surface area contributed by atoms with E-state index in [1.807, 2.05) is 41.7 Å². The smallest absolute Gasteiger partial charge is 0.227 e. The fraction of sp³-hybridized carbons (Fsp3) is 0. The lowest BCUT2D eigenvalue weighted by molar-refractivity contribution is 0.623. The van der Waals surface area contributed by atoms with Crippen molar-refractivity contribution in [2.45, 2.75) is 0 Å². The zero-order valence-electron chi connectivity index (χ0n) is 27.9. The van der Waals surface area contributed by atoms with E-state index < -0.39 is 0 Å². The summed E-state index contributed by atoms with van der Waals surface area (Å²) in [4.78, 5) is 7.22. The van der Waals surface area contributed by atoms with Gasteiger partial charge in [0.25, 0.3) is 0 Å². The topological polar surface area (TPSA) is 34.2 Å². The second-order valence-electron chi connectivity index (χ2n) is 13.2. The molecule has 0 radical (unpaired) electrons. The van der Waals surface area contributed by atoms with Gasteiger partial charge in [0.2, 0.25) is 5.89 Å². The summed E-state index contributed by atoms with van der Waals surface area (Å²) >= 11 is 1.84. The van der Waals surface area contributed by atoms with Crippen molar-refractivity contribution < 1.29 is 4.42 Å². The van der Waals surface area contributed by atoms with Crippen molar-refractivity contribution in [1.82, 2.24) is 9.55 Å². The highest BCUT2D eigenvalue weighted by Crippen LogP contribution is 2.44. The molecule has 0 aliphatic carbocycles. The van der Waals surface area contributed by atoms with Crippen LogP contribution in [-0.2, 0) is 0 Å². The lowest BCUT2D eigenvalue weighted by Gasteiger charge is -2.26. The molecule has 0 bridgehead atoms. The fourth-order valence-electron chi connectivity index (χ4n) is 7.80. The second-order valence-corrected chi connectivity index (χ2v) is 14.3. The Morgan fingerprint density at radius 3 is 2.00 bits per heavy atom. The molecule has 11 aromatic rings. The molecule has 3 heterocycles. The SMILES string of the molecule is c1ccc(-c2nc3ccc4cc(N(c5ccc6sc7ccccc7c6c5)c5ccc6c(c5)c5ccccc5n6-c5ccccc5)ccc4c3o2)cc1. The van der Waals surface area contributed by atoms with E-state index >= 15 is 0 Å². The number of nitrogens with zero attached hydrogens (tertiary/aromatic N) is 3. The number of benzene rings is 8. The summed E-state index contributed by atoms with van der Waals surface area (Å²) in [6.07, 6.45) is 0. The molecule has 0 saturated carbocycles. The molecule has 0 N–H and O–H groups in total. The summed E-state index contributed by atoms with van der Waals surface area (Å²) in [6.45, 7) is 0. The standard InChI is InChI=1S/C47H29N3OS/c1-3-11-30(12-4-1)47-48-41-24-19-31-27-33(20-23-36(31)46(41)51-47)49(35-22-26-45-40(29-35)38-16-8-10-18-44(38)52-45)34-21-25-43-39(28-34)37-15-7-9-17-42(37)50(43)32-13-5-2-6-14-32/h1-29H. The third-order valence-corrected chi connectivity index (χ3v) is 11.3. The van der Waals surface area contributed by atoms with Gasteiger partial charge in [0, 0.05) is 64.6 Å². The van der Waals surface area contributed by atoms with E-state index in [1.54, 1.807) is 0 Å². The molecule has 0 aliphatic heterocycles. The van der Waals surface area contributed by atoms with Gasteiger partial charge in [-0.15, -0.1) is 11.3 Å². The van der Waals surface area contributed by atoms with Crippen LogP contribution in [0.25, 0.3) is 81.0 Å². The molecule has 0 unspecified atom stereocenters. The van der Waals surface area contributed by atoms with Gasteiger partial charge in [-0.25, -0.2) is 4.98 Å². The third-order valence-electron chi connectivity index (χ3n) is 10.2. The number of aromatic nitrogens is 2. The van der Waals surface area contributed by atoms with Crippen LogP contribution in [0.3, 0.4) is 0 Å². The number of hydrogen-bond acceptors (Lipinski definition) is 4. The van der Waals surface area contributed by atoms with Gasteiger partial charge in [-0.1, -0.05) is 78.9 Å². The van der Waals surface area contributed by atoms with Gasteiger partial charge in [-0.3, -0.25) is 0 Å². The van der Waals surface area contributed by atoms with Crippen molar-refractivity contribution in [2.24, 2.45) is 0 Å². The van der Waals surface area contributed by atoms with Crippen molar-refractivity contribution in [3.05, 3.63) is 176 Å². The Kier molecular flexibility index (Phi) is 6.39. The average molecular weight is 684 g/mol. The molecule has 8 aromatic carbocycles. The molecule has 0 spiro atoms. The Morgan fingerprint density at radius 2 is 1.13 bits per heavy atom. The third kappa shape index (κ3) is 4.50. The summed E-state index contributed by atoms with van der Waals surface area (Å²) in [7, 11) is 0. The second kappa shape index (κ2) is 11.4. The summed E-state index contributed by atoms with van der Waals surface area (Å²) < 4.78 is 11.4. The van der Waals surface area contributed by atoms with Crippen LogP contribution in [0.15, 0.2) is 180 Å². The van der Waals surface area contributed by atoms with E-state index in [-0.39, 0.29) is 0 Å². The van der Waals surface area contributed by atoms with E-state index in [0.717, 1.165) is 50.2 Å². The van der Waals surface area contributed by atoms with Crippen LogP contribution in [-0.4, -0.2) is 9.55 Å². The molecule has 5 heteroatoms. The van der Waals surface area contributed by atoms with Gasteiger partial charge in [0.05, 0.1) is 11.0 Å². The van der Waals surface area contributed by atoms with Crippen LogP contribution in [0.2, 0.25) is 0 Å². The van der Waals surface area contributed by atoms with Crippen LogP contribution >= 0.6 is 11.3 Å². The van der Waals surface area contributed by atoms with Gasteiger partial charge in [0.1, 0.15) is 5.52 Å². The summed E-state index contributed by atoms with van der Waals surface area (Å²) in [5, 5.41) is 7.12. The van der Waals surface area contributed by atoms with E-state index in [2.05, 4.69) is 155 Å². The molecular weight excluding hydrogens is 655 g/mol. The first-order chi connectivity index (χ1) is 25.8. The Morgan fingerprint density at radius 1 is 0.481 bits per heavy atom. The van der Waals surface area contributed by atoms with Crippen molar-refractivity contribution in [3.8, 4) is 17.1 Å². The maximum absolute atomic E-state index is 6.42. The number of hydrogen-bond donors (Lipinski definition) is 0. The van der Waals surface area contributed by atoms with Crippen LogP contribution in [0.1, 0.15) is 0 Å². The predicted octanol–water partition coefficient (Wildman–Crippen LogP) is 13.6. The van der Waals surface area contributed by atoms with Gasteiger partial charge in [0.15, 0.2) is 5.58 Å². The fourth-order valence-corrected chi connectivity index (χ4v) is 8.89. The summed E-state index contributed by atoms with van der Waals surface area (Å²) in [6, 6.07) is 62.7. The maximum Gasteiger partial charge on any atom is 0.227 e. The Balaban J connectivity index is 1.13. The number of fused-ring (bicyclic) bond motifs is 9. The first-order valence-electron chi connectivity index (χ1n) is 17.5. The van der Waals surface area contributed by atoms with Crippen LogP contribution in [0.5, 0.6) is 0 Å². The van der Waals surface area contributed by atoms with Crippen molar-refractivity contribution in [3.63, 3.8) is 0 Å². The van der Waals surface area contributed by atoms with Crippen molar-refractivity contribution >= 4 is 92.2 Å². The largest absolute Gasteiger partial charge is 0.435 e. The highest BCUT2D eigenvalue weighted by Gasteiger charge is 2.20. The minimum atomic E-state index is 0.632. The van der Waals surface area contributed by atoms with Crippen molar-refractivity contribution in [2.75, 3.05) is 4.90 Å². The first kappa shape index (κ1) is 29.1. The summed E-state index contributed by atoms with van der Waals surface area (Å²) in [5.74, 6) is 0.632. The highest BCUT2D eigenvalue weighted by atomic mass is 32.1. The van der Waals surface area contributed by atoms with Gasteiger partial charge in [-0.05, 0) is 102 Å².